The van der Waals surface area contributed by atoms with Crippen LogP contribution in [-0.4, -0.2) is 22.9 Å². The molecular formula is C15H24N2O2. The summed E-state index contributed by atoms with van der Waals surface area (Å²) in [7, 11) is 1.44. The number of rotatable bonds is 4. The summed E-state index contributed by atoms with van der Waals surface area (Å²) in [5, 5.41) is 4.69. The molecule has 2 rings (SSSR count). The van der Waals surface area contributed by atoms with Gasteiger partial charge in [0.2, 0.25) is 0 Å². The van der Waals surface area contributed by atoms with Crippen LogP contribution in [0.5, 0.6) is 0 Å². The van der Waals surface area contributed by atoms with Gasteiger partial charge in [-0.25, -0.2) is 0 Å². The van der Waals surface area contributed by atoms with Crippen LogP contribution in [0.2, 0.25) is 0 Å². The molecule has 1 aromatic heterocycles. The van der Waals surface area contributed by atoms with E-state index >= 15 is 0 Å². The molecule has 0 amide bonds. The van der Waals surface area contributed by atoms with E-state index in [1.807, 2.05) is 13.8 Å². The zero-order valence-corrected chi connectivity index (χ0v) is 12.4. The van der Waals surface area contributed by atoms with Crippen LogP contribution in [0.1, 0.15) is 55.6 Å². The van der Waals surface area contributed by atoms with E-state index in [4.69, 9.17) is 9.84 Å². The van der Waals surface area contributed by atoms with Gasteiger partial charge in [0.1, 0.15) is 0 Å². The second-order valence-corrected chi connectivity index (χ2v) is 5.66. The summed E-state index contributed by atoms with van der Waals surface area (Å²) in [6.07, 6.45) is 5.78. The van der Waals surface area contributed by atoms with Gasteiger partial charge >= 0.3 is 5.97 Å². The summed E-state index contributed by atoms with van der Waals surface area (Å²) in [5.41, 5.74) is 3.49. The van der Waals surface area contributed by atoms with Gasteiger partial charge in [-0.2, -0.15) is 5.10 Å². The van der Waals surface area contributed by atoms with Crippen LogP contribution < -0.4 is 0 Å². The number of aryl methyl sites for hydroxylation is 1. The maximum atomic E-state index is 11.6. The molecule has 1 aliphatic carbocycles. The monoisotopic (exact) mass is 264 g/mol. The van der Waals surface area contributed by atoms with Crippen molar-refractivity contribution in [2.24, 2.45) is 5.92 Å². The third-order valence-electron chi connectivity index (χ3n) is 4.26. The fourth-order valence-corrected chi connectivity index (χ4v) is 3.09. The van der Waals surface area contributed by atoms with Crippen LogP contribution >= 0.6 is 0 Å². The summed E-state index contributed by atoms with van der Waals surface area (Å²) in [6, 6.07) is 0.556. The second-order valence-electron chi connectivity index (χ2n) is 5.66. The Morgan fingerprint density at radius 3 is 2.63 bits per heavy atom. The maximum absolute atomic E-state index is 11.6. The lowest BCUT2D eigenvalue weighted by molar-refractivity contribution is -0.144. The first kappa shape index (κ1) is 14.1. The van der Waals surface area contributed by atoms with Crippen LogP contribution in [-0.2, 0) is 16.0 Å². The van der Waals surface area contributed by atoms with Crippen molar-refractivity contribution in [3.63, 3.8) is 0 Å². The highest BCUT2D eigenvalue weighted by atomic mass is 16.5. The molecule has 1 heterocycles. The van der Waals surface area contributed by atoms with Gasteiger partial charge in [0.25, 0.3) is 0 Å². The highest BCUT2D eigenvalue weighted by molar-refractivity contribution is 5.72. The Bertz CT molecular complexity index is 459. The number of esters is 1. The number of carbonyl (C=O) groups excluding carboxylic acids is 1. The molecule has 1 unspecified atom stereocenters. The van der Waals surface area contributed by atoms with E-state index in [1.165, 1.54) is 44.1 Å². The van der Waals surface area contributed by atoms with E-state index in [9.17, 15) is 4.79 Å². The quantitative estimate of drug-likeness (QED) is 0.785. The number of nitrogens with zero attached hydrogens (tertiary/aromatic N) is 2. The Labute approximate surface area is 115 Å². The van der Waals surface area contributed by atoms with Gasteiger partial charge in [-0.15, -0.1) is 0 Å². The van der Waals surface area contributed by atoms with Crippen molar-refractivity contribution in [2.45, 2.75) is 58.9 Å². The SMILES string of the molecule is COC(=O)C(C)Cc1c(C)nn(C2CCCC2)c1C. The molecule has 0 bridgehead atoms. The number of hydrogen-bond acceptors (Lipinski definition) is 3. The fraction of sp³-hybridized carbons (Fsp3) is 0.733. The molecule has 1 saturated carbocycles. The number of aromatic nitrogens is 2. The lowest BCUT2D eigenvalue weighted by Crippen LogP contribution is -2.16. The minimum atomic E-state index is -0.146. The Morgan fingerprint density at radius 2 is 2.05 bits per heavy atom. The van der Waals surface area contributed by atoms with Gasteiger partial charge in [0, 0.05) is 5.69 Å². The van der Waals surface area contributed by atoms with E-state index in [-0.39, 0.29) is 11.9 Å². The third kappa shape index (κ3) is 2.82. The largest absolute Gasteiger partial charge is 0.469 e. The van der Waals surface area contributed by atoms with Crippen LogP contribution in [0.15, 0.2) is 0 Å². The average molecular weight is 264 g/mol. The molecule has 0 saturated heterocycles. The van der Waals surface area contributed by atoms with E-state index in [0.29, 0.717) is 6.04 Å². The Kier molecular flexibility index (Phi) is 4.27. The average Bonchev–Trinajstić information content (AvgIpc) is 3.00. The molecule has 19 heavy (non-hydrogen) atoms. The van der Waals surface area contributed by atoms with Crippen molar-refractivity contribution in [1.82, 2.24) is 9.78 Å². The van der Waals surface area contributed by atoms with E-state index < -0.39 is 0 Å². The van der Waals surface area contributed by atoms with Gasteiger partial charge in [-0.3, -0.25) is 9.48 Å². The molecule has 0 aromatic carbocycles. The standard InChI is InChI=1S/C15H24N2O2/c1-10(15(18)19-4)9-14-11(2)16-17(12(14)3)13-7-5-6-8-13/h10,13H,5-9H2,1-4H3. The second kappa shape index (κ2) is 5.76. The van der Waals surface area contributed by atoms with Crippen molar-refractivity contribution in [2.75, 3.05) is 7.11 Å². The minimum absolute atomic E-state index is 0.108. The van der Waals surface area contributed by atoms with Crippen molar-refractivity contribution >= 4 is 5.97 Å². The lowest BCUT2D eigenvalue weighted by atomic mass is 9.99. The summed E-state index contributed by atoms with van der Waals surface area (Å²) in [5.74, 6) is -0.254. The van der Waals surface area contributed by atoms with E-state index in [0.717, 1.165) is 12.1 Å². The minimum Gasteiger partial charge on any atom is -0.469 e. The zero-order chi connectivity index (χ0) is 14.0. The third-order valence-corrected chi connectivity index (χ3v) is 4.26. The molecule has 4 nitrogen and oxygen atoms in total. The predicted octanol–water partition coefficient (Wildman–Crippen LogP) is 2.97. The number of ether oxygens (including phenoxy) is 1. The van der Waals surface area contributed by atoms with Gasteiger partial charge in [-0.05, 0) is 38.7 Å². The predicted molar refractivity (Wildman–Crippen MR) is 74.1 cm³/mol. The first-order valence-electron chi connectivity index (χ1n) is 7.17. The molecule has 1 aliphatic rings. The number of methoxy groups -OCH3 is 1. The topological polar surface area (TPSA) is 44.1 Å². The van der Waals surface area contributed by atoms with Gasteiger partial charge < -0.3 is 4.74 Å². The normalized spacial score (nSPS) is 17.7. The summed E-state index contributed by atoms with van der Waals surface area (Å²) in [4.78, 5) is 11.6. The molecule has 0 aliphatic heterocycles. The maximum Gasteiger partial charge on any atom is 0.308 e. The first-order chi connectivity index (χ1) is 9.04. The van der Waals surface area contributed by atoms with E-state index in [1.54, 1.807) is 0 Å². The molecule has 0 N–H and O–H groups in total. The molecule has 1 aromatic rings. The Hall–Kier alpha value is -1.32. The summed E-state index contributed by atoms with van der Waals surface area (Å²) >= 11 is 0. The van der Waals surface area contributed by atoms with Crippen LogP contribution in [0, 0.1) is 19.8 Å². The zero-order valence-electron chi connectivity index (χ0n) is 12.4. The highest BCUT2D eigenvalue weighted by Gasteiger charge is 2.24. The fourth-order valence-electron chi connectivity index (χ4n) is 3.09. The molecule has 1 atom stereocenters. The lowest BCUT2D eigenvalue weighted by Gasteiger charge is -2.13. The number of carbonyl (C=O) groups is 1. The van der Waals surface area contributed by atoms with Crippen molar-refractivity contribution in [1.29, 1.82) is 0 Å². The Balaban J connectivity index is 2.19. The van der Waals surface area contributed by atoms with Gasteiger partial charge in [-0.1, -0.05) is 19.8 Å². The van der Waals surface area contributed by atoms with Crippen molar-refractivity contribution < 1.29 is 9.53 Å². The van der Waals surface area contributed by atoms with Crippen LogP contribution in [0.3, 0.4) is 0 Å². The van der Waals surface area contributed by atoms with E-state index in [2.05, 4.69) is 11.6 Å². The molecule has 0 radical (unpaired) electrons. The number of hydrogen-bond donors (Lipinski definition) is 0. The molecule has 1 fully saturated rings. The van der Waals surface area contributed by atoms with Crippen LogP contribution in [0.4, 0.5) is 0 Å². The Morgan fingerprint density at radius 1 is 1.42 bits per heavy atom. The van der Waals surface area contributed by atoms with Crippen molar-refractivity contribution in [3.8, 4) is 0 Å². The molecular weight excluding hydrogens is 240 g/mol. The van der Waals surface area contributed by atoms with Crippen LogP contribution in [0.25, 0.3) is 0 Å². The molecule has 0 spiro atoms. The van der Waals surface area contributed by atoms with Gasteiger partial charge in [0.05, 0.1) is 24.8 Å². The highest BCUT2D eigenvalue weighted by Crippen LogP contribution is 2.31. The van der Waals surface area contributed by atoms with Crippen molar-refractivity contribution in [3.05, 3.63) is 17.0 Å². The van der Waals surface area contributed by atoms with Gasteiger partial charge in [0.15, 0.2) is 0 Å². The smallest absolute Gasteiger partial charge is 0.308 e. The molecule has 106 valence electrons. The molecule has 4 heteroatoms. The first-order valence-corrected chi connectivity index (χ1v) is 7.17. The summed E-state index contributed by atoms with van der Waals surface area (Å²) < 4.78 is 6.99. The summed E-state index contributed by atoms with van der Waals surface area (Å²) in [6.45, 7) is 6.08.